The molecule has 33 heavy (non-hydrogen) atoms. The fraction of sp³-hybridized carbons (Fsp3) is 0.125. The quantitative estimate of drug-likeness (QED) is 0.355. The highest BCUT2D eigenvalue weighted by atomic mass is 32.2. The largest absolute Gasteiger partial charge is 0.331 e. The molecule has 0 bridgehead atoms. The summed E-state index contributed by atoms with van der Waals surface area (Å²) < 4.78 is 28.8. The Morgan fingerprint density at radius 2 is 1.70 bits per heavy atom. The Bertz CT molecular complexity index is 1240. The molecule has 0 spiro atoms. The van der Waals surface area contributed by atoms with E-state index < -0.39 is 11.8 Å². The molecule has 6 nitrogen and oxygen atoms in total. The number of amides is 2. The number of anilines is 1. The van der Waals surface area contributed by atoms with E-state index >= 15 is 0 Å². The maximum absolute atomic E-state index is 13.8. The summed E-state index contributed by atoms with van der Waals surface area (Å²) in [5.41, 5.74) is 2.99. The van der Waals surface area contributed by atoms with Crippen LogP contribution in [-0.4, -0.2) is 20.8 Å². The molecule has 0 aliphatic carbocycles. The van der Waals surface area contributed by atoms with E-state index in [1.165, 1.54) is 36.0 Å². The Labute approximate surface area is 194 Å². The lowest BCUT2D eigenvalue weighted by Gasteiger charge is -2.12. The minimum Gasteiger partial charge on any atom is -0.331 e. The molecule has 0 atom stereocenters. The summed E-state index contributed by atoms with van der Waals surface area (Å²) in [6, 6.07) is 19.5. The number of halogens is 2. The van der Waals surface area contributed by atoms with Gasteiger partial charge in [0.2, 0.25) is 0 Å². The highest BCUT2D eigenvalue weighted by molar-refractivity contribution is 7.98. The second-order valence-corrected chi connectivity index (χ2v) is 8.21. The number of hydrogen-bond donors (Lipinski definition) is 2. The number of benzene rings is 3. The van der Waals surface area contributed by atoms with Gasteiger partial charge in [0.25, 0.3) is 0 Å². The van der Waals surface area contributed by atoms with Crippen molar-refractivity contribution in [3.05, 3.63) is 101 Å². The first-order valence-corrected chi connectivity index (χ1v) is 11.2. The molecule has 0 radical (unpaired) electrons. The molecular formula is C24H21F2N5OS. The molecule has 4 rings (SSSR count). The monoisotopic (exact) mass is 465 g/mol. The lowest BCUT2D eigenvalue weighted by atomic mass is 10.2. The Morgan fingerprint density at radius 1 is 0.970 bits per heavy atom. The summed E-state index contributed by atoms with van der Waals surface area (Å²) in [5.74, 6) is 0.290. The topological polar surface area (TPSA) is 71.8 Å². The number of aryl methyl sites for hydroxylation is 1. The molecule has 0 aliphatic rings. The molecule has 0 aliphatic heterocycles. The standard InChI is InChI=1S/C24H21F2N5OS/c1-16-6-12-19(13-7-16)31-22(14-27-23(32)28-21-5-3-2-4-20(21)26)29-30-24(31)33-15-17-8-10-18(25)11-9-17/h2-13H,14-15H2,1H3,(H2,27,28,32). The van der Waals surface area contributed by atoms with Gasteiger partial charge >= 0.3 is 6.03 Å². The Kier molecular flexibility index (Phi) is 6.99. The zero-order chi connectivity index (χ0) is 23.2. The first-order valence-electron chi connectivity index (χ1n) is 10.2. The van der Waals surface area contributed by atoms with Crippen LogP contribution < -0.4 is 10.6 Å². The molecule has 168 valence electrons. The molecule has 0 saturated carbocycles. The predicted octanol–water partition coefficient (Wildman–Crippen LogP) is 5.47. The maximum Gasteiger partial charge on any atom is 0.319 e. The highest BCUT2D eigenvalue weighted by Crippen LogP contribution is 2.26. The van der Waals surface area contributed by atoms with Gasteiger partial charge in [0, 0.05) is 11.4 Å². The van der Waals surface area contributed by atoms with Crippen molar-refractivity contribution in [1.82, 2.24) is 20.1 Å². The first kappa shape index (κ1) is 22.5. The van der Waals surface area contributed by atoms with Gasteiger partial charge in [0.05, 0.1) is 12.2 Å². The normalized spacial score (nSPS) is 10.8. The van der Waals surface area contributed by atoms with Crippen molar-refractivity contribution < 1.29 is 13.6 Å². The van der Waals surface area contributed by atoms with E-state index in [-0.39, 0.29) is 18.0 Å². The zero-order valence-corrected chi connectivity index (χ0v) is 18.6. The summed E-state index contributed by atoms with van der Waals surface area (Å²) >= 11 is 1.45. The van der Waals surface area contributed by atoms with Crippen LogP contribution in [0.5, 0.6) is 0 Å². The van der Waals surface area contributed by atoms with Crippen molar-refractivity contribution in [2.24, 2.45) is 0 Å². The molecule has 1 aromatic heterocycles. The minimum absolute atomic E-state index is 0.0816. The molecule has 1 heterocycles. The third-order valence-corrected chi connectivity index (χ3v) is 5.80. The molecule has 3 aromatic carbocycles. The van der Waals surface area contributed by atoms with Gasteiger partial charge in [-0.05, 0) is 48.9 Å². The summed E-state index contributed by atoms with van der Waals surface area (Å²) in [5, 5.41) is 14.4. The molecule has 2 N–H and O–H groups in total. The molecule has 9 heteroatoms. The number of rotatable bonds is 7. The number of urea groups is 1. The van der Waals surface area contributed by atoms with Gasteiger partial charge in [-0.3, -0.25) is 4.57 Å². The Hall–Kier alpha value is -3.72. The van der Waals surface area contributed by atoms with Crippen LogP contribution in [0.15, 0.2) is 78.0 Å². The third-order valence-electron chi connectivity index (χ3n) is 4.80. The average Bonchev–Trinajstić information content (AvgIpc) is 3.22. The summed E-state index contributed by atoms with van der Waals surface area (Å²) in [6.07, 6.45) is 0. The van der Waals surface area contributed by atoms with Crippen molar-refractivity contribution in [2.45, 2.75) is 24.4 Å². The maximum atomic E-state index is 13.8. The van der Waals surface area contributed by atoms with Gasteiger partial charge < -0.3 is 10.6 Å². The van der Waals surface area contributed by atoms with Crippen molar-refractivity contribution in [3.8, 4) is 5.69 Å². The molecule has 0 unspecified atom stereocenters. The smallest absolute Gasteiger partial charge is 0.319 e. The Balaban J connectivity index is 1.51. The van der Waals surface area contributed by atoms with Gasteiger partial charge in [0.15, 0.2) is 11.0 Å². The number of para-hydroxylation sites is 1. The van der Waals surface area contributed by atoms with Gasteiger partial charge in [-0.25, -0.2) is 13.6 Å². The van der Waals surface area contributed by atoms with E-state index in [4.69, 9.17) is 0 Å². The number of carbonyl (C=O) groups excluding carboxylic acids is 1. The van der Waals surface area contributed by atoms with E-state index in [0.29, 0.717) is 16.7 Å². The Morgan fingerprint density at radius 3 is 2.42 bits per heavy atom. The van der Waals surface area contributed by atoms with Crippen LogP contribution in [0.1, 0.15) is 17.0 Å². The van der Waals surface area contributed by atoms with Crippen LogP contribution in [0.2, 0.25) is 0 Å². The van der Waals surface area contributed by atoms with Crippen LogP contribution in [0.3, 0.4) is 0 Å². The summed E-state index contributed by atoms with van der Waals surface area (Å²) in [6.45, 7) is 2.08. The highest BCUT2D eigenvalue weighted by Gasteiger charge is 2.16. The number of thioether (sulfide) groups is 1. The number of nitrogens with zero attached hydrogens (tertiary/aromatic N) is 3. The molecule has 0 saturated heterocycles. The molecule has 4 aromatic rings. The predicted molar refractivity (Wildman–Crippen MR) is 124 cm³/mol. The second-order valence-electron chi connectivity index (χ2n) is 7.27. The van der Waals surface area contributed by atoms with E-state index in [1.807, 2.05) is 35.8 Å². The van der Waals surface area contributed by atoms with Crippen molar-refractivity contribution in [3.63, 3.8) is 0 Å². The lowest BCUT2D eigenvalue weighted by molar-refractivity contribution is 0.251. The van der Waals surface area contributed by atoms with E-state index in [9.17, 15) is 13.6 Å². The van der Waals surface area contributed by atoms with Gasteiger partial charge in [-0.15, -0.1) is 10.2 Å². The number of carbonyl (C=O) groups is 1. The van der Waals surface area contributed by atoms with Crippen molar-refractivity contribution >= 4 is 23.5 Å². The molecular weight excluding hydrogens is 444 g/mol. The SMILES string of the molecule is Cc1ccc(-n2c(CNC(=O)Nc3ccccc3F)nnc2SCc2ccc(F)cc2)cc1. The van der Waals surface area contributed by atoms with E-state index in [2.05, 4.69) is 20.8 Å². The van der Waals surface area contributed by atoms with Crippen LogP contribution >= 0.6 is 11.8 Å². The number of hydrogen-bond acceptors (Lipinski definition) is 4. The van der Waals surface area contributed by atoms with Crippen LogP contribution in [0.4, 0.5) is 19.3 Å². The second kappa shape index (κ2) is 10.3. The van der Waals surface area contributed by atoms with Crippen LogP contribution in [0, 0.1) is 18.6 Å². The lowest BCUT2D eigenvalue weighted by Crippen LogP contribution is -2.29. The molecule has 2 amide bonds. The fourth-order valence-electron chi connectivity index (χ4n) is 3.08. The van der Waals surface area contributed by atoms with E-state index in [1.54, 1.807) is 24.3 Å². The molecule has 0 fully saturated rings. The van der Waals surface area contributed by atoms with Gasteiger partial charge in [0.1, 0.15) is 11.6 Å². The third kappa shape index (κ3) is 5.75. The van der Waals surface area contributed by atoms with Crippen molar-refractivity contribution in [1.29, 1.82) is 0 Å². The van der Waals surface area contributed by atoms with Crippen molar-refractivity contribution in [2.75, 3.05) is 5.32 Å². The summed E-state index contributed by atoms with van der Waals surface area (Å²) in [4.78, 5) is 12.3. The zero-order valence-electron chi connectivity index (χ0n) is 17.8. The average molecular weight is 466 g/mol. The van der Waals surface area contributed by atoms with E-state index in [0.717, 1.165) is 16.8 Å². The fourth-order valence-corrected chi connectivity index (χ4v) is 4.01. The van der Waals surface area contributed by atoms with Gasteiger partial charge in [-0.1, -0.05) is 53.7 Å². The summed E-state index contributed by atoms with van der Waals surface area (Å²) in [7, 11) is 0. The van der Waals surface area contributed by atoms with Crippen LogP contribution in [-0.2, 0) is 12.3 Å². The number of aromatic nitrogens is 3. The minimum atomic E-state index is -0.556. The number of nitrogens with one attached hydrogen (secondary N) is 2. The van der Waals surface area contributed by atoms with Crippen LogP contribution in [0.25, 0.3) is 5.69 Å². The first-order chi connectivity index (χ1) is 16.0. The van der Waals surface area contributed by atoms with Gasteiger partial charge in [-0.2, -0.15) is 0 Å².